The zero-order valence-electron chi connectivity index (χ0n) is 22.4. The Kier molecular flexibility index (Phi) is 9.61. The average Bonchev–Trinajstić information content (AvgIpc) is 2.86. The van der Waals surface area contributed by atoms with Gasteiger partial charge in [-0.2, -0.15) is 0 Å². The van der Waals surface area contributed by atoms with Crippen molar-refractivity contribution >= 4 is 11.8 Å². The fourth-order valence-corrected chi connectivity index (χ4v) is 5.34. The molecular weight excluding hydrogens is 442 g/mol. The monoisotopic (exact) mass is 487 g/mol. The lowest BCUT2D eigenvalue weighted by Gasteiger charge is -2.43. The van der Waals surface area contributed by atoms with Crippen LogP contribution in [0.3, 0.4) is 0 Å². The molecule has 196 valence electrons. The van der Waals surface area contributed by atoms with Gasteiger partial charge in [-0.1, -0.05) is 6.92 Å². The van der Waals surface area contributed by atoms with Gasteiger partial charge < -0.3 is 15.5 Å². The van der Waals surface area contributed by atoms with Crippen LogP contribution in [-0.2, 0) is 4.79 Å². The van der Waals surface area contributed by atoms with Crippen molar-refractivity contribution in [3.8, 4) is 0 Å². The van der Waals surface area contributed by atoms with Crippen molar-refractivity contribution < 1.29 is 9.59 Å². The minimum Gasteiger partial charge on any atom is -0.336 e. The minimum atomic E-state index is -0.462. The number of hydrogen-bond donors (Lipinski definition) is 1. The molecular formula is C26H45N7O2. The number of hydrogen-bond acceptors (Lipinski definition) is 7. The van der Waals surface area contributed by atoms with Crippen LogP contribution in [0.15, 0.2) is 18.6 Å². The highest BCUT2D eigenvalue weighted by Gasteiger charge is 2.34. The molecule has 0 aromatic carbocycles. The molecule has 0 spiro atoms. The summed E-state index contributed by atoms with van der Waals surface area (Å²) in [4.78, 5) is 42.7. The maximum atomic E-state index is 13.2. The van der Waals surface area contributed by atoms with Crippen LogP contribution in [0, 0.1) is 5.92 Å². The third-order valence-corrected chi connectivity index (χ3v) is 7.95. The van der Waals surface area contributed by atoms with Crippen LogP contribution < -0.4 is 5.73 Å². The van der Waals surface area contributed by atoms with Crippen LogP contribution in [0.2, 0.25) is 0 Å². The van der Waals surface area contributed by atoms with Crippen molar-refractivity contribution in [1.29, 1.82) is 0 Å². The van der Waals surface area contributed by atoms with Crippen molar-refractivity contribution in [2.75, 3.05) is 39.3 Å². The third kappa shape index (κ3) is 6.77. The van der Waals surface area contributed by atoms with Gasteiger partial charge in [0.25, 0.3) is 5.91 Å². The second kappa shape index (κ2) is 12.2. The first-order chi connectivity index (χ1) is 16.6. The maximum absolute atomic E-state index is 13.2. The molecule has 2 aliphatic rings. The van der Waals surface area contributed by atoms with E-state index in [9.17, 15) is 9.59 Å². The lowest BCUT2D eigenvalue weighted by molar-refractivity contribution is -0.138. The molecule has 9 nitrogen and oxygen atoms in total. The number of carbonyl (C=O) groups is 2. The van der Waals surface area contributed by atoms with Crippen molar-refractivity contribution in [3.63, 3.8) is 0 Å². The first-order valence-electron chi connectivity index (χ1n) is 13.2. The first kappa shape index (κ1) is 27.5. The lowest BCUT2D eigenvalue weighted by Crippen LogP contribution is -2.59. The van der Waals surface area contributed by atoms with Gasteiger partial charge in [0.05, 0.1) is 6.04 Å². The molecule has 2 unspecified atom stereocenters. The van der Waals surface area contributed by atoms with Crippen LogP contribution in [-0.4, -0.2) is 111 Å². The summed E-state index contributed by atoms with van der Waals surface area (Å²) in [5.74, 6) is 0.179. The zero-order chi connectivity index (χ0) is 25.7. The van der Waals surface area contributed by atoms with Gasteiger partial charge in [-0.15, -0.1) is 0 Å². The second-order valence-corrected chi connectivity index (χ2v) is 10.8. The molecule has 2 saturated heterocycles. The molecule has 0 radical (unpaired) electrons. The summed E-state index contributed by atoms with van der Waals surface area (Å²) in [5.41, 5.74) is 6.91. The molecule has 1 aromatic rings. The number of carbonyl (C=O) groups excluding carboxylic acids is 2. The van der Waals surface area contributed by atoms with Gasteiger partial charge in [-0.25, -0.2) is 9.97 Å². The normalized spacial score (nSPS) is 24.9. The Labute approximate surface area is 211 Å². The maximum Gasteiger partial charge on any atom is 0.272 e. The largest absolute Gasteiger partial charge is 0.336 e. The van der Waals surface area contributed by atoms with E-state index in [2.05, 4.69) is 61.3 Å². The van der Waals surface area contributed by atoms with Crippen molar-refractivity contribution in [1.82, 2.24) is 29.6 Å². The minimum absolute atomic E-state index is 0.0335. The van der Waals surface area contributed by atoms with Gasteiger partial charge in [0, 0.05) is 69.6 Å². The second-order valence-electron chi connectivity index (χ2n) is 10.8. The number of amides is 2. The van der Waals surface area contributed by atoms with E-state index in [-0.39, 0.29) is 29.8 Å². The van der Waals surface area contributed by atoms with Crippen molar-refractivity contribution in [2.45, 2.75) is 84.6 Å². The van der Waals surface area contributed by atoms with Crippen molar-refractivity contribution in [2.24, 2.45) is 11.7 Å². The molecule has 35 heavy (non-hydrogen) atoms. The SMILES string of the molecule is CC(CCC(C)N1CCN(C(=O)c2ccncn2)[C@@H](C)C1)[C@H](N)C(=O)N1CCN(C(C)C)C[C@H]1C. The Balaban J connectivity index is 1.45. The number of nitrogens with zero attached hydrogens (tertiary/aromatic N) is 6. The molecule has 2 amide bonds. The van der Waals surface area contributed by atoms with Crippen LogP contribution in [0.5, 0.6) is 0 Å². The van der Waals surface area contributed by atoms with E-state index >= 15 is 0 Å². The number of aromatic nitrogens is 2. The number of piperazine rings is 2. The van der Waals surface area contributed by atoms with E-state index in [0.717, 1.165) is 45.6 Å². The summed E-state index contributed by atoms with van der Waals surface area (Å²) in [7, 11) is 0. The molecule has 5 atom stereocenters. The molecule has 0 saturated carbocycles. The molecule has 0 aliphatic carbocycles. The Morgan fingerprint density at radius 1 is 0.971 bits per heavy atom. The molecule has 2 aliphatic heterocycles. The summed E-state index contributed by atoms with van der Waals surface area (Å²) in [6.07, 6.45) is 4.90. The third-order valence-electron chi connectivity index (χ3n) is 7.95. The van der Waals surface area contributed by atoms with Gasteiger partial charge in [0.15, 0.2) is 0 Å². The Hall–Kier alpha value is -2.10. The van der Waals surface area contributed by atoms with Gasteiger partial charge in [0.1, 0.15) is 12.0 Å². The highest BCUT2D eigenvalue weighted by atomic mass is 16.2. The standard InChI is InChI=1S/C26H45N7O2/c1-18(2)30-11-13-33(21(5)15-30)26(35)24(27)19(3)7-8-20(4)31-12-14-32(22(6)16-31)25(34)23-9-10-28-17-29-23/h9-10,17-22,24H,7-8,11-16,27H2,1-6H3/t19?,20?,21-,22+,24+/m1/s1. The molecule has 9 heteroatoms. The topological polar surface area (TPSA) is 98.9 Å². The molecule has 2 N–H and O–H groups in total. The van der Waals surface area contributed by atoms with E-state index < -0.39 is 6.04 Å². The smallest absolute Gasteiger partial charge is 0.272 e. The zero-order valence-corrected chi connectivity index (χ0v) is 22.4. The van der Waals surface area contributed by atoms with E-state index in [1.54, 1.807) is 12.3 Å². The summed E-state index contributed by atoms with van der Waals surface area (Å²) < 4.78 is 0. The van der Waals surface area contributed by atoms with Gasteiger partial charge in [-0.3, -0.25) is 19.4 Å². The quantitative estimate of drug-likeness (QED) is 0.596. The highest BCUT2D eigenvalue weighted by molar-refractivity contribution is 5.92. The molecule has 2 fully saturated rings. The van der Waals surface area contributed by atoms with Gasteiger partial charge in [-0.05, 0) is 59.4 Å². The molecule has 1 aromatic heterocycles. The predicted molar refractivity (Wildman–Crippen MR) is 138 cm³/mol. The van der Waals surface area contributed by atoms with Gasteiger partial charge >= 0.3 is 0 Å². The Morgan fingerprint density at radius 3 is 2.20 bits per heavy atom. The predicted octanol–water partition coefficient (Wildman–Crippen LogP) is 1.70. The van der Waals surface area contributed by atoms with Crippen LogP contribution in [0.1, 0.15) is 64.9 Å². The Bertz CT molecular complexity index is 836. The number of rotatable bonds is 8. The Morgan fingerprint density at radius 2 is 1.60 bits per heavy atom. The van der Waals surface area contributed by atoms with E-state index in [1.165, 1.54) is 6.33 Å². The fourth-order valence-electron chi connectivity index (χ4n) is 5.34. The molecule has 0 bridgehead atoms. The van der Waals surface area contributed by atoms with Crippen molar-refractivity contribution in [3.05, 3.63) is 24.3 Å². The summed E-state index contributed by atoms with van der Waals surface area (Å²) >= 11 is 0. The van der Waals surface area contributed by atoms with Crippen LogP contribution in [0.4, 0.5) is 0 Å². The van der Waals surface area contributed by atoms with E-state index in [4.69, 9.17) is 5.73 Å². The van der Waals surface area contributed by atoms with E-state index in [1.807, 2.05) is 9.80 Å². The summed E-state index contributed by atoms with van der Waals surface area (Å²) in [6, 6.07) is 2.38. The number of nitrogens with two attached hydrogens (primary N) is 1. The lowest BCUT2D eigenvalue weighted by atomic mass is 9.93. The highest BCUT2D eigenvalue weighted by Crippen LogP contribution is 2.21. The first-order valence-corrected chi connectivity index (χ1v) is 13.2. The summed E-state index contributed by atoms with van der Waals surface area (Å²) in [6.45, 7) is 17.9. The average molecular weight is 488 g/mol. The fraction of sp³-hybridized carbons (Fsp3) is 0.769. The van der Waals surface area contributed by atoms with Gasteiger partial charge in [0.2, 0.25) is 5.91 Å². The summed E-state index contributed by atoms with van der Waals surface area (Å²) in [5, 5.41) is 0. The molecule has 3 heterocycles. The van der Waals surface area contributed by atoms with Crippen LogP contribution >= 0.6 is 0 Å². The van der Waals surface area contributed by atoms with Crippen LogP contribution in [0.25, 0.3) is 0 Å². The molecule has 3 rings (SSSR count). The van der Waals surface area contributed by atoms with E-state index in [0.29, 0.717) is 24.3 Å².